The molecule has 0 saturated carbocycles. The summed E-state index contributed by atoms with van der Waals surface area (Å²) < 4.78 is -0.727. The zero-order valence-electron chi connectivity index (χ0n) is 33.0. The van der Waals surface area contributed by atoms with Crippen molar-refractivity contribution >= 4 is 35.5 Å². The van der Waals surface area contributed by atoms with Gasteiger partial charge in [0.1, 0.15) is 29.2 Å². The molecular weight excluding hydrogens is 687 g/mol. The molecule has 0 bridgehead atoms. The predicted octanol–water partition coefficient (Wildman–Crippen LogP) is 8.83. The first-order chi connectivity index (χ1) is 25.0. The van der Waals surface area contributed by atoms with Crippen molar-refractivity contribution < 1.29 is 29.4 Å². The molecule has 3 amide bonds. The van der Waals surface area contributed by atoms with Gasteiger partial charge in [-0.15, -0.1) is 11.8 Å². The van der Waals surface area contributed by atoms with E-state index in [2.05, 4.69) is 75.6 Å². The van der Waals surface area contributed by atoms with Gasteiger partial charge in [0.25, 0.3) is 0 Å². The molecule has 53 heavy (non-hydrogen) atoms. The fourth-order valence-corrected chi connectivity index (χ4v) is 8.27. The fraction of sp³-hybridized carbons (Fsp3) is 0.535. The van der Waals surface area contributed by atoms with Crippen LogP contribution in [0.3, 0.4) is 0 Å². The molecule has 4 N–H and O–H groups in total. The van der Waals surface area contributed by atoms with Crippen molar-refractivity contribution in [3.63, 3.8) is 0 Å². The van der Waals surface area contributed by atoms with Gasteiger partial charge in [0, 0.05) is 11.2 Å². The predicted molar refractivity (Wildman–Crippen MR) is 215 cm³/mol. The van der Waals surface area contributed by atoms with Crippen molar-refractivity contribution in [1.82, 2.24) is 15.5 Å². The summed E-state index contributed by atoms with van der Waals surface area (Å²) in [6.45, 7) is 16.4. The van der Waals surface area contributed by atoms with E-state index in [1.54, 1.807) is 26.0 Å². The number of amides is 3. The molecule has 2 aliphatic rings. The van der Waals surface area contributed by atoms with Gasteiger partial charge in [-0.1, -0.05) is 70.4 Å². The lowest BCUT2D eigenvalue weighted by atomic mass is 9.95. The van der Waals surface area contributed by atoms with Gasteiger partial charge in [-0.3, -0.25) is 14.4 Å². The van der Waals surface area contributed by atoms with Crippen LogP contribution in [0.1, 0.15) is 131 Å². The number of nitrogens with one attached hydrogen (secondary N) is 2. The van der Waals surface area contributed by atoms with Crippen LogP contribution < -0.4 is 10.6 Å². The lowest BCUT2D eigenvalue weighted by Gasteiger charge is -2.44. The number of phenols is 1. The monoisotopic (exact) mass is 747 g/mol. The third-order valence-corrected chi connectivity index (χ3v) is 11.4. The summed E-state index contributed by atoms with van der Waals surface area (Å²) in [4.78, 5) is 52.8. The lowest BCUT2D eigenvalue weighted by Crippen LogP contribution is -2.71. The summed E-state index contributed by atoms with van der Waals surface area (Å²) in [6.07, 6.45) is 20.6. The van der Waals surface area contributed by atoms with Gasteiger partial charge < -0.3 is 25.7 Å². The van der Waals surface area contributed by atoms with Crippen molar-refractivity contribution in [1.29, 1.82) is 0 Å². The number of aromatic hydroxyl groups is 1. The van der Waals surface area contributed by atoms with Crippen LogP contribution in [0.2, 0.25) is 0 Å². The highest BCUT2D eigenvalue weighted by Gasteiger charge is 2.64. The molecule has 1 aromatic rings. The first-order valence-corrected chi connectivity index (χ1v) is 19.8. The third kappa shape index (κ3) is 13.4. The van der Waals surface area contributed by atoms with Crippen LogP contribution in [-0.2, 0) is 19.2 Å². The molecular formula is C43H61N3O6S. The van der Waals surface area contributed by atoms with Crippen LogP contribution in [-0.4, -0.2) is 61.0 Å². The summed E-state index contributed by atoms with van der Waals surface area (Å²) >= 11 is 1.34. The number of aliphatic carboxylic acids is 1. The zero-order valence-corrected chi connectivity index (χ0v) is 33.8. The number of nitrogens with zero attached hydrogens (tertiary/aromatic N) is 1. The minimum absolute atomic E-state index is 0.0154. The van der Waals surface area contributed by atoms with Crippen LogP contribution in [0.5, 0.6) is 5.75 Å². The molecule has 4 atom stereocenters. The number of unbranched alkanes of at least 4 members (excludes halogenated alkanes) is 1. The van der Waals surface area contributed by atoms with Gasteiger partial charge in [0.2, 0.25) is 17.7 Å². The summed E-state index contributed by atoms with van der Waals surface area (Å²) in [5.74, 6) is -2.43. The Kier molecular flexibility index (Phi) is 16.7. The number of allylic oxidation sites excluding steroid dienone is 10. The minimum Gasteiger partial charge on any atom is -0.508 e. The number of carboxylic acids is 1. The second-order valence-electron chi connectivity index (χ2n) is 15.4. The van der Waals surface area contributed by atoms with Gasteiger partial charge in [0.05, 0.1) is 0 Å². The van der Waals surface area contributed by atoms with Crippen LogP contribution in [0.25, 0.3) is 0 Å². The highest BCUT2D eigenvalue weighted by molar-refractivity contribution is 8.01. The number of carboxylic acid groups (broad SMARTS) is 1. The molecule has 0 aliphatic carbocycles. The van der Waals surface area contributed by atoms with Crippen LogP contribution in [0, 0.1) is 0 Å². The van der Waals surface area contributed by atoms with Crippen molar-refractivity contribution in [3.8, 4) is 5.75 Å². The van der Waals surface area contributed by atoms with E-state index in [-0.39, 0.29) is 18.1 Å². The molecule has 2 fully saturated rings. The smallest absolute Gasteiger partial charge is 0.327 e. The minimum atomic E-state index is -1.10. The average molecular weight is 748 g/mol. The quantitative estimate of drug-likeness (QED) is 0.0595. The molecule has 1 aromatic carbocycles. The van der Waals surface area contributed by atoms with Gasteiger partial charge in [-0.05, 0) is 131 Å². The Hall–Kier alpha value is -4.05. The van der Waals surface area contributed by atoms with E-state index in [4.69, 9.17) is 0 Å². The molecule has 10 heteroatoms. The highest BCUT2D eigenvalue weighted by Crippen LogP contribution is 2.50. The molecule has 0 spiro atoms. The maximum Gasteiger partial charge on any atom is 0.327 e. The Morgan fingerprint density at radius 1 is 0.774 bits per heavy atom. The first kappa shape index (κ1) is 43.4. The van der Waals surface area contributed by atoms with E-state index in [9.17, 15) is 29.4 Å². The van der Waals surface area contributed by atoms with Crippen LogP contribution in [0.15, 0.2) is 82.5 Å². The van der Waals surface area contributed by atoms with E-state index in [1.165, 1.54) is 51.1 Å². The van der Waals surface area contributed by atoms with Gasteiger partial charge >= 0.3 is 5.97 Å². The number of fused-ring (bicyclic) bond motifs is 1. The largest absolute Gasteiger partial charge is 0.508 e. The first-order valence-electron chi connectivity index (χ1n) is 18.9. The number of β-lactam (4-membered cyclic amide) rings is 1. The Labute approximate surface area is 321 Å². The number of rotatable bonds is 20. The Morgan fingerprint density at radius 3 is 1.77 bits per heavy atom. The van der Waals surface area contributed by atoms with E-state index < -0.39 is 46.0 Å². The second kappa shape index (κ2) is 20.4. The molecule has 2 saturated heterocycles. The second-order valence-corrected chi connectivity index (χ2v) is 17.1. The summed E-state index contributed by atoms with van der Waals surface area (Å²) in [5, 5.41) is 24.6. The fourth-order valence-electron chi connectivity index (χ4n) is 6.64. The average Bonchev–Trinajstić information content (AvgIpc) is 3.34. The summed E-state index contributed by atoms with van der Waals surface area (Å²) in [5.41, 5.74) is 7.18. The zero-order chi connectivity index (χ0) is 39.3. The number of thioether (sulfide) groups is 1. The number of carbonyl (C=O) groups excluding carboxylic acids is 3. The van der Waals surface area contributed by atoms with E-state index in [1.807, 2.05) is 6.92 Å². The maximum absolute atomic E-state index is 13.5. The molecule has 0 aromatic heterocycles. The van der Waals surface area contributed by atoms with Gasteiger partial charge in [-0.2, -0.15) is 0 Å². The topological polar surface area (TPSA) is 136 Å². The summed E-state index contributed by atoms with van der Waals surface area (Å²) in [7, 11) is 0. The molecule has 4 unspecified atom stereocenters. The molecule has 0 radical (unpaired) electrons. The van der Waals surface area contributed by atoms with Crippen molar-refractivity contribution in [3.05, 3.63) is 88.1 Å². The third-order valence-electron chi connectivity index (χ3n) is 9.82. The van der Waals surface area contributed by atoms with Crippen LogP contribution in [0.4, 0.5) is 0 Å². The van der Waals surface area contributed by atoms with Crippen molar-refractivity contribution in [2.75, 3.05) is 0 Å². The molecule has 290 valence electrons. The van der Waals surface area contributed by atoms with Crippen LogP contribution >= 0.6 is 11.8 Å². The lowest BCUT2D eigenvalue weighted by molar-refractivity contribution is -0.161. The highest BCUT2D eigenvalue weighted by atomic mass is 32.2. The van der Waals surface area contributed by atoms with Gasteiger partial charge in [0.15, 0.2) is 0 Å². The number of hydrogen-bond acceptors (Lipinski definition) is 6. The number of benzene rings is 1. The standard InChI is InChI=1S/C43H61N3O6S/c1-28(2)14-11-17-31(5)20-12-18-29(3)15-9-10-16-30(4)19-13-21-32(6)22-27-35(48)44-36(33-23-25-34(47)26-24-33)39(49)45-37-40(50)46-38(42(51)52)43(7,8)53-41(37)46/h14-16,20-21,23-26,36-38,41,47H,9-13,17-19,22,27H2,1-8H3,(H,44,48)(H,45,49)(H,51,52)/b29-15+,30-16+,31-20+,32-21+. The SMILES string of the molecule is CC(C)=CCC/C(C)=C/CC/C(C)=C/CC/C=C(\C)CC/C=C(\C)CCC(=O)NC(C(=O)NC1C(=O)N2C1SC(C)(C)C2C(=O)O)c1ccc(O)cc1. The summed E-state index contributed by atoms with van der Waals surface area (Å²) in [6, 6.07) is 2.97. The van der Waals surface area contributed by atoms with E-state index >= 15 is 0 Å². The number of hydrogen-bond donors (Lipinski definition) is 4. The molecule has 3 rings (SSSR count). The Balaban J connectivity index is 1.44. The molecule has 2 aliphatic heterocycles. The van der Waals surface area contributed by atoms with Crippen molar-refractivity contribution in [2.45, 2.75) is 148 Å². The van der Waals surface area contributed by atoms with E-state index in [0.29, 0.717) is 12.0 Å². The Morgan fingerprint density at radius 2 is 1.26 bits per heavy atom. The maximum atomic E-state index is 13.5. The van der Waals surface area contributed by atoms with Gasteiger partial charge in [-0.25, -0.2) is 4.79 Å². The normalized spacial score (nSPS) is 20.7. The molecule has 2 heterocycles. The Bertz CT molecular complexity index is 1620. The number of carbonyl (C=O) groups is 4. The van der Waals surface area contributed by atoms with E-state index in [0.717, 1.165) is 56.9 Å². The molecule has 9 nitrogen and oxygen atoms in total. The number of phenolic OH excluding ortho intramolecular Hbond substituents is 1. The van der Waals surface area contributed by atoms with Crippen molar-refractivity contribution in [2.24, 2.45) is 0 Å².